The predicted molar refractivity (Wildman–Crippen MR) is 70.0 cm³/mol. The highest BCUT2D eigenvalue weighted by atomic mass is 19.4. The van der Waals surface area contributed by atoms with Crippen LogP contribution in [0.3, 0.4) is 0 Å². The van der Waals surface area contributed by atoms with Crippen molar-refractivity contribution < 1.29 is 17.6 Å². The third-order valence-electron chi connectivity index (χ3n) is 2.88. The Bertz CT molecular complexity index is 578. The van der Waals surface area contributed by atoms with Crippen molar-refractivity contribution in [1.82, 2.24) is 0 Å². The SMILES string of the molecule is Cc1ccc(F)c(NC(c2ccccc2)C(F)(F)F)c1. The summed E-state index contributed by atoms with van der Waals surface area (Å²) in [5.74, 6) is -0.708. The van der Waals surface area contributed by atoms with Gasteiger partial charge >= 0.3 is 6.18 Å². The minimum atomic E-state index is -4.52. The van der Waals surface area contributed by atoms with Crippen LogP contribution in [0.1, 0.15) is 17.2 Å². The Hall–Kier alpha value is -2.04. The molecule has 0 spiro atoms. The molecule has 5 heteroatoms. The van der Waals surface area contributed by atoms with Gasteiger partial charge < -0.3 is 5.32 Å². The average molecular weight is 283 g/mol. The maximum Gasteiger partial charge on any atom is 0.412 e. The van der Waals surface area contributed by atoms with E-state index in [1.807, 2.05) is 0 Å². The highest BCUT2D eigenvalue weighted by Crippen LogP contribution is 2.36. The molecule has 2 rings (SSSR count). The van der Waals surface area contributed by atoms with Gasteiger partial charge in [-0.3, -0.25) is 0 Å². The lowest BCUT2D eigenvalue weighted by molar-refractivity contribution is -0.144. The van der Waals surface area contributed by atoms with Crippen molar-refractivity contribution in [2.75, 3.05) is 5.32 Å². The number of halogens is 4. The fourth-order valence-electron chi connectivity index (χ4n) is 1.90. The predicted octanol–water partition coefficient (Wildman–Crippen LogP) is 4.85. The van der Waals surface area contributed by atoms with Crippen LogP contribution in [0.2, 0.25) is 0 Å². The number of anilines is 1. The van der Waals surface area contributed by atoms with Crippen LogP contribution in [0.5, 0.6) is 0 Å². The Morgan fingerprint density at radius 3 is 2.25 bits per heavy atom. The summed E-state index contributed by atoms with van der Waals surface area (Å²) < 4.78 is 53.0. The molecular formula is C15H13F4N. The maximum atomic E-state index is 13.6. The molecule has 0 amide bonds. The lowest BCUT2D eigenvalue weighted by Crippen LogP contribution is -2.28. The highest BCUT2D eigenvalue weighted by Gasteiger charge is 2.41. The quantitative estimate of drug-likeness (QED) is 0.794. The van der Waals surface area contributed by atoms with Crippen LogP contribution in [0.25, 0.3) is 0 Å². The summed E-state index contributed by atoms with van der Waals surface area (Å²) >= 11 is 0. The van der Waals surface area contributed by atoms with Crippen LogP contribution >= 0.6 is 0 Å². The fourth-order valence-corrected chi connectivity index (χ4v) is 1.90. The molecule has 0 bridgehead atoms. The smallest absolute Gasteiger partial charge is 0.368 e. The van der Waals surface area contributed by atoms with Crippen molar-refractivity contribution >= 4 is 5.69 Å². The zero-order chi connectivity index (χ0) is 14.8. The van der Waals surface area contributed by atoms with Gasteiger partial charge in [-0.25, -0.2) is 4.39 Å². The number of alkyl halides is 3. The summed E-state index contributed by atoms with van der Waals surface area (Å²) in [4.78, 5) is 0. The Morgan fingerprint density at radius 1 is 1.00 bits per heavy atom. The van der Waals surface area contributed by atoms with Gasteiger partial charge in [0, 0.05) is 0 Å². The largest absolute Gasteiger partial charge is 0.412 e. The fraction of sp³-hybridized carbons (Fsp3) is 0.200. The molecule has 20 heavy (non-hydrogen) atoms. The molecule has 106 valence electrons. The molecule has 0 saturated heterocycles. The Labute approximate surface area is 114 Å². The van der Waals surface area contributed by atoms with E-state index in [1.165, 1.54) is 36.4 Å². The third kappa shape index (κ3) is 3.29. The van der Waals surface area contributed by atoms with E-state index in [0.717, 1.165) is 6.07 Å². The molecule has 1 N–H and O–H groups in total. The Kier molecular flexibility index (Phi) is 3.97. The van der Waals surface area contributed by atoms with Crippen LogP contribution in [-0.4, -0.2) is 6.18 Å². The first-order chi connectivity index (χ1) is 9.38. The zero-order valence-corrected chi connectivity index (χ0v) is 10.7. The average Bonchev–Trinajstić information content (AvgIpc) is 2.39. The van der Waals surface area contributed by atoms with E-state index in [1.54, 1.807) is 13.0 Å². The summed E-state index contributed by atoms with van der Waals surface area (Å²) in [6.45, 7) is 1.69. The number of hydrogen-bond acceptors (Lipinski definition) is 1. The number of nitrogens with one attached hydrogen (secondary N) is 1. The van der Waals surface area contributed by atoms with Crippen LogP contribution in [0.4, 0.5) is 23.2 Å². The van der Waals surface area contributed by atoms with E-state index in [2.05, 4.69) is 5.32 Å². The second-order valence-corrected chi connectivity index (χ2v) is 4.51. The van der Waals surface area contributed by atoms with Crippen LogP contribution in [-0.2, 0) is 0 Å². The number of hydrogen-bond donors (Lipinski definition) is 1. The van der Waals surface area contributed by atoms with Crippen molar-refractivity contribution in [3.63, 3.8) is 0 Å². The zero-order valence-electron chi connectivity index (χ0n) is 10.7. The lowest BCUT2D eigenvalue weighted by atomic mass is 10.1. The molecule has 0 heterocycles. The third-order valence-corrected chi connectivity index (χ3v) is 2.88. The van der Waals surface area contributed by atoms with Crippen molar-refractivity contribution in [2.24, 2.45) is 0 Å². The van der Waals surface area contributed by atoms with Gasteiger partial charge in [0.05, 0.1) is 5.69 Å². The molecule has 0 fully saturated rings. The standard InChI is InChI=1S/C15H13F4N/c1-10-7-8-12(16)13(9-10)20-14(15(17,18)19)11-5-3-2-4-6-11/h2-9,14,20H,1H3. The van der Waals surface area contributed by atoms with Crippen LogP contribution < -0.4 is 5.32 Å². The van der Waals surface area contributed by atoms with Gasteiger partial charge in [-0.1, -0.05) is 36.4 Å². The molecule has 0 saturated carbocycles. The normalized spacial score (nSPS) is 13.1. The first kappa shape index (κ1) is 14.4. The highest BCUT2D eigenvalue weighted by molar-refractivity contribution is 5.49. The van der Waals surface area contributed by atoms with Crippen molar-refractivity contribution in [1.29, 1.82) is 0 Å². The van der Waals surface area contributed by atoms with Crippen molar-refractivity contribution in [3.05, 3.63) is 65.5 Å². The summed E-state index contributed by atoms with van der Waals surface area (Å²) in [6, 6.07) is 9.45. The van der Waals surface area contributed by atoms with Gasteiger partial charge in [0.2, 0.25) is 0 Å². The molecule has 1 unspecified atom stereocenters. The number of rotatable bonds is 3. The van der Waals surface area contributed by atoms with Crippen LogP contribution in [0, 0.1) is 12.7 Å². The van der Waals surface area contributed by atoms with Gasteiger partial charge in [0.15, 0.2) is 0 Å². The first-order valence-electron chi connectivity index (χ1n) is 6.02. The summed E-state index contributed by atoms with van der Waals surface area (Å²) in [6.07, 6.45) is -4.52. The molecule has 0 aliphatic carbocycles. The van der Waals surface area contributed by atoms with E-state index in [-0.39, 0.29) is 11.3 Å². The molecule has 0 aromatic heterocycles. The second kappa shape index (κ2) is 5.53. The van der Waals surface area contributed by atoms with Crippen molar-refractivity contribution in [2.45, 2.75) is 19.1 Å². The van der Waals surface area contributed by atoms with E-state index in [9.17, 15) is 17.6 Å². The maximum absolute atomic E-state index is 13.6. The molecular weight excluding hydrogens is 270 g/mol. The topological polar surface area (TPSA) is 12.0 Å². The Balaban J connectivity index is 2.37. The number of benzene rings is 2. The van der Waals surface area contributed by atoms with Crippen molar-refractivity contribution in [3.8, 4) is 0 Å². The second-order valence-electron chi connectivity index (χ2n) is 4.51. The molecule has 0 aliphatic heterocycles. The van der Waals surface area contributed by atoms with Gasteiger partial charge in [-0.05, 0) is 30.2 Å². The molecule has 1 atom stereocenters. The van der Waals surface area contributed by atoms with E-state index < -0.39 is 18.0 Å². The molecule has 2 aromatic rings. The van der Waals surface area contributed by atoms with Gasteiger partial charge in [-0.2, -0.15) is 13.2 Å². The van der Waals surface area contributed by atoms with Gasteiger partial charge in [0.25, 0.3) is 0 Å². The Morgan fingerprint density at radius 2 is 1.65 bits per heavy atom. The van der Waals surface area contributed by atoms with Gasteiger partial charge in [0.1, 0.15) is 11.9 Å². The molecule has 1 nitrogen and oxygen atoms in total. The number of aryl methyl sites for hydroxylation is 1. The summed E-state index contributed by atoms with van der Waals surface area (Å²) in [5.41, 5.74) is 0.569. The molecule has 2 aromatic carbocycles. The first-order valence-corrected chi connectivity index (χ1v) is 6.02. The van der Waals surface area contributed by atoms with Gasteiger partial charge in [-0.15, -0.1) is 0 Å². The van der Waals surface area contributed by atoms with E-state index in [4.69, 9.17) is 0 Å². The summed E-state index contributed by atoms with van der Waals surface area (Å²) in [7, 11) is 0. The minimum absolute atomic E-state index is 0.0425. The van der Waals surface area contributed by atoms with E-state index in [0.29, 0.717) is 5.56 Å². The lowest BCUT2D eigenvalue weighted by Gasteiger charge is -2.23. The monoisotopic (exact) mass is 283 g/mol. The molecule has 0 aliphatic rings. The minimum Gasteiger partial charge on any atom is -0.368 e. The summed E-state index contributed by atoms with van der Waals surface area (Å²) in [5, 5.41) is 2.24. The van der Waals surface area contributed by atoms with Crippen LogP contribution in [0.15, 0.2) is 48.5 Å². The molecule has 0 radical (unpaired) electrons. The van der Waals surface area contributed by atoms with E-state index >= 15 is 0 Å².